The van der Waals surface area contributed by atoms with Gasteiger partial charge in [-0.15, -0.1) is 0 Å². The molecule has 2 aromatic rings. The van der Waals surface area contributed by atoms with Crippen LogP contribution in [0.3, 0.4) is 0 Å². The second-order valence-corrected chi connectivity index (χ2v) is 4.81. The van der Waals surface area contributed by atoms with Gasteiger partial charge < -0.3 is 10.1 Å². The summed E-state index contributed by atoms with van der Waals surface area (Å²) in [4.78, 5) is 0. The van der Waals surface area contributed by atoms with Crippen LogP contribution in [0.15, 0.2) is 48.5 Å². The summed E-state index contributed by atoms with van der Waals surface area (Å²) in [6, 6.07) is 16.9. The maximum atomic E-state index is 5.34. The number of hydrogen-bond donors (Lipinski definition) is 1. The quantitative estimate of drug-likeness (QED) is 0.868. The second kappa shape index (κ2) is 6.39. The highest BCUT2D eigenvalue weighted by Crippen LogP contribution is 2.24. The molecule has 0 amide bonds. The van der Waals surface area contributed by atoms with Crippen molar-refractivity contribution in [2.45, 2.75) is 19.9 Å². The lowest BCUT2D eigenvalue weighted by Crippen LogP contribution is -2.17. The van der Waals surface area contributed by atoms with Crippen LogP contribution in [0.1, 0.15) is 22.7 Å². The molecule has 0 saturated carbocycles. The smallest absolute Gasteiger partial charge is 0.0747 e. The van der Waals surface area contributed by atoms with Gasteiger partial charge in [-0.1, -0.05) is 42.5 Å². The zero-order chi connectivity index (χ0) is 13.7. The van der Waals surface area contributed by atoms with Crippen LogP contribution in [-0.4, -0.2) is 13.7 Å². The van der Waals surface area contributed by atoms with Gasteiger partial charge in [0.1, 0.15) is 0 Å². The van der Waals surface area contributed by atoms with Gasteiger partial charge in [0.2, 0.25) is 0 Å². The van der Waals surface area contributed by atoms with Crippen molar-refractivity contribution in [3.8, 4) is 0 Å². The molecular weight excluding hydrogens is 234 g/mol. The molecule has 1 N–H and O–H groups in total. The Bertz CT molecular complexity index is 522. The van der Waals surface area contributed by atoms with E-state index in [4.69, 9.17) is 4.74 Å². The zero-order valence-corrected chi connectivity index (χ0v) is 11.8. The van der Waals surface area contributed by atoms with Crippen LogP contribution >= 0.6 is 0 Å². The fraction of sp³-hybridized carbons (Fsp3) is 0.294. The summed E-state index contributed by atoms with van der Waals surface area (Å²) in [6.45, 7) is 4.93. The summed E-state index contributed by atoms with van der Waals surface area (Å²) in [5, 5.41) is 3.58. The summed E-state index contributed by atoms with van der Waals surface area (Å²) in [5.74, 6) is 0. The summed E-state index contributed by atoms with van der Waals surface area (Å²) in [7, 11) is 1.74. The molecule has 0 saturated heterocycles. The predicted octanol–water partition coefficient (Wildman–Crippen LogP) is 4.10. The number of aryl methyl sites for hydroxylation is 1. The van der Waals surface area contributed by atoms with E-state index >= 15 is 0 Å². The first-order valence-electron chi connectivity index (χ1n) is 6.59. The first kappa shape index (κ1) is 13.6. The standard InChI is InChI=1S/C17H21NO/c1-13-8-7-11-16(14(13)2)18-17(12-19-3)15-9-5-4-6-10-15/h4-11,17-18H,12H2,1-3H3. The molecule has 2 aromatic carbocycles. The average Bonchev–Trinajstić information content (AvgIpc) is 2.44. The van der Waals surface area contributed by atoms with E-state index in [0.29, 0.717) is 6.61 Å². The molecule has 0 aliphatic heterocycles. The van der Waals surface area contributed by atoms with Gasteiger partial charge >= 0.3 is 0 Å². The van der Waals surface area contributed by atoms with Crippen molar-refractivity contribution in [1.82, 2.24) is 0 Å². The molecule has 2 heteroatoms. The molecule has 19 heavy (non-hydrogen) atoms. The summed E-state index contributed by atoms with van der Waals surface area (Å²) >= 11 is 0. The van der Waals surface area contributed by atoms with E-state index < -0.39 is 0 Å². The van der Waals surface area contributed by atoms with E-state index in [1.165, 1.54) is 22.4 Å². The first-order valence-corrected chi connectivity index (χ1v) is 6.59. The minimum atomic E-state index is 0.173. The molecule has 1 atom stereocenters. The van der Waals surface area contributed by atoms with Crippen molar-refractivity contribution in [3.05, 3.63) is 65.2 Å². The molecule has 2 nitrogen and oxygen atoms in total. The lowest BCUT2D eigenvalue weighted by atomic mass is 10.0. The summed E-state index contributed by atoms with van der Waals surface area (Å²) in [6.07, 6.45) is 0. The number of benzene rings is 2. The Kier molecular flexibility index (Phi) is 4.58. The van der Waals surface area contributed by atoms with Crippen LogP contribution in [0.4, 0.5) is 5.69 Å². The first-order chi connectivity index (χ1) is 9.22. The molecule has 0 spiro atoms. The average molecular weight is 255 g/mol. The third-order valence-electron chi connectivity index (χ3n) is 3.47. The maximum Gasteiger partial charge on any atom is 0.0747 e. The molecule has 0 aliphatic carbocycles. The summed E-state index contributed by atoms with van der Waals surface area (Å²) in [5.41, 5.74) is 5.00. The fourth-order valence-corrected chi connectivity index (χ4v) is 2.17. The third-order valence-corrected chi connectivity index (χ3v) is 3.47. The lowest BCUT2D eigenvalue weighted by Gasteiger charge is -2.21. The van der Waals surface area contributed by atoms with Crippen molar-refractivity contribution in [3.63, 3.8) is 0 Å². The molecule has 0 heterocycles. The highest BCUT2D eigenvalue weighted by Gasteiger charge is 2.12. The Morgan fingerprint density at radius 3 is 2.42 bits per heavy atom. The number of anilines is 1. The molecule has 2 rings (SSSR count). The van der Waals surface area contributed by atoms with Gasteiger partial charge in [-0.05, 0) is 36.6 Å². The van der Waals surface area contributed by atoms with Gasteiger partial charge in [0, 0.05) is 12.8 Å². The Balaban J connectivity index is 2.24. The van der Waals surface area contributed by atoms with Crippen LogP contribution in [0, 0.1) is 13.8 Å². The SMILES string of the molecule is COCC(Nc1cccc(C)c1C)c1ccccc1. The lowest BCUT2D eigenvalue weighted by molar-refractivity contribution is 0.186. The van der Waals surface area contributed by atoms with Gasteiger partial charge in [-0.25, -0.2) is 0 Å². The van der Waals surface area contributed by atoms with Gasteiger partial charge in [0.05, 0.1) is 12.6 Å². The highest BCUT2D eigenvalue weighted by molar-refractivity contribution is 5.55. The van der Waals surface area contributed by atoms with Gasteiger partial charge in [-0.3, -0.25) is 0 Å². The molecule has 0 aliphatic rings. The minimum Gasteiger partial charge on any atom is -0.382 e. The van der Waals surface area contributed by atoms with E-state index in [-0.39, 0.29) is 6.04 Å². The molecule has 0 radical (unpaired) electrons. The number of methoxy groups -OCH3 is 1. The predicted molar refractivity (Wildman–Crippen MR) is 80.6 cm³/mol. The zero-order valence-electron chi connectivity index (χ0n) is 11.8. The Hall–Kier alpha value is -1.80. The fourth-order valence-electron chi connectivity index (χ4n) is 2.17. The Labute approximate surface area is 115 Å². The van der Waals surface area contributed by atoms with Crippen LogP contribution in [0.2, 0.25) is 0 Å². The monoisotopic (exact) mass is 255 g/mol. The Morgan fingerprint density at radius 1 is 1.00 bits per heavy atom. The van der Waals surface area contributed by atoms with Crippen molar-refractivity contribution in [2.75, 3.05) is 19.0 Å². The van der Waals surface area contributed by atoms with Crippen molar-refractivity contribution in [1.29, 1.82) is 0 Å². The van der Waals surface area contributed by atoms with E-state index in [9.17, 15) is 0 Å². The van der Waals surface area contributed by atoms with Crippen LogP contribution in [0.5, 0.6) is 0 Å². The molecule has 100 valence electrons. The van der Waals surface area contributed by atoms with E-state index in [0.717, 1.165) is 0 Å². The summed E-state index contributed by atoms with van der Waals surface area (Å²) < 4.78 is 5.34. The van der Waals surface area contributed by atoms with Crippen molar-refractivity contribution < 1.29 is 4.74 Å². The third kappa shape index (κ3) is 3.36. The van der Waals surface area contributed by atoms with Crippen molar-refractivity contribution >= 4 is 5.69 Å². The number of rotatable bonds is 5. The van der Waals surface area contributed by atoms with Crippen LogP contribution in [0.25, 0.3) is 0 Å². The van der Waals surface area contributed by atoms with Gasteiger partial charge in [0.25, 0.3) is 0 Å². The highest BCUT2D eigenvalue weighted by atomic mass is 16.5. The largest absolute Gasteiger partial charge is 0.382 e. The van der Waals surface area contributed by atoms with Gasteiger partial charge in [0.15, 0.2) is 0 Å². The van der Waals surface area contributed by atoms with E-state index in [1.807, 2.05) is 6.07 Å². The molecular formula is C17H21NO. The molecule has 0 fully saturated rings. The normalized spacial score (nSPS) is 12.2. The van der Waals surface area contributed by atoms with Crippen molar-refractivity contribution in [2.24, 2.45) is 0 Å². The van der Waals surface area contributed by atoms with Gasteiger partial charge in [-0.2, -0.15) is 0 Å². The number of hydrogen-bond acceptors (Lipinski definition) is 2. The molecule has 0 aromatic heterocycles. The van der Waals surface area contributed by atoms with E-state index in [2.05, 4.69) is 61.6 Å². The number of ether oxygens (including phenoxy) is 1. The number of nitrogens with one attached hydrogen (secondary N) is 1. The molecule has 1 unspecified atom stereocenters. The van der Waals surface area contributed by atoms with Crippen LogP contribution < -0.4 is 5.32 Å². The molecule has 0 bridgehead atoms. The maximum absolute atomic E-state index is 5.34. The van der Waals surface area contributed by atoms with E-state index in [1.54, 1.807) is 7.11 Å². The Morgan fingerprint density at radius 2 is 1.74 bits per heavy atom. The minimum absolute atomic E-state index is 0.173. The second-order valence-electron chi connectivity index (χ2n) is 4.81. The van der Waals surface area contributed by atoms with Crippen LogP contribution in [-0.2, 0) is 4.74 Å². The topological polar surface area (TPSA) is 21.3 Å².